The topological polar surface area (TPSA) is 38.1 Å². The van der Waals surface area contributed by atoms with Gasteiger partial charge in [0.2, 0.25) is 0 Å². The Kier molecular flexibility index (Phi) is 4.36. The lowest BCUT2D eigenvalue weighted by molar-refractivity contribution is 0.471. The van der Waals surface area contributed by atoms with Crippen LogP contribution in [0.4, 0.5) is 5.69 Å². The van der Waals surface area contributed by atoms with Crippen LogP contribution in [0.2, 0.25) is 0 Å². The largest absolute Gasteiger partial charge is 0.444 e. The van der Waals surface area contributed by atoms with E-state index in [-0.39, 0.29) is 0 Å². The smallest absolute Gasteiger partial charge is 0.181 e. The maximum Gasteiger partial charge on any atom is 0.181 e. The quantitative estimate of drug-likeness (QED) is 0.865. The molecule has 1 N–H and O–H groups in total. The fourth-order valence-electron chi connectivity index (χ4n) is 2.93. The van der Waals surface area contributed by atoms with Crippen molar-refractivity contribution in [2.24, 2.45) is 0 Å². The molecule has 0 spiro atoms. The molecule has 3 heteroatoms. The van der Waals surface area contributed by atoms with Crippen molar-refractivity contribution in [2.45, 2.75) is 51.0 Å². The van der Waals surface area contributed by atoms with E-state index in [9.17, 15) is 0 Å². The van der Waals surface area contributed by atoms with Crippen LogP contribution in [-0.4, -0.2) is 11.0 Å². The minimum Gasteiger partial charge on any atom is -0.444 e. The van der Waals surface area contributed by atoms with Crippen LogP contribution in [0.5, 0.6) is 0 Å². The van der Waals surface area contributed by atoms with Crippen LogP contribution in [0.15, 0.2) is 41.3 Å². The van der Waals surface area contributed by atoms with Gasteiger partial charge in [-0.2, -0.15) is 0 Å². The van der Waals surface area contributed by atoms with Gasteiger partial charge in [-0.15, -0.1) is 0 Å². The van der Waals surface area contributed by atoms with Crippen LogP contribution in [0.25, 0.3) is 11.3 Å². The average Bonchev–Trinajstić information content (AvgIpc) is 2.96. The summed E-state index contributed by atoms with van der Waals surface area (Å²) in [5.41, 5.74) is 2.28. The summed E-state index contributed by atoms with van der Waals surface area (Å²) in [6, 6.07) is 9.08. The molecular formula is C17H22N2O. The first kappa shape index (κ1) is 13.2. The van der Waals surface area contributed by atoms with Crippen molar-refractivity contribution >= 4 is 5.69 Å². The van der Waals surface area contributed by atoms with Gasteiger partial charge in [0, 0.05) is 17.3 Å². The summed E-state index contributed by atoms with van der Waals surface area (Å²) in [4.78, 5) is 3.95. The number of nitrogens with one attached hydrogen (secondary N) is 1. The number of rotatable bonds is 3. The molecule has 1 aromatic heterocycles. The van der Waals surface area contributed by atoms with E-state index < -0.39 is 0 Å². The van der Waals surface area contributed by atoms with Crippen LogP contribution in [0.3, 0.4) is 0 Å². The van der Waals surface area contributed by atoms with E-state index in [1.54, 1.807) is 6.20 Å². The summed E-state index contributed by atoms with van der Waals surface area (Å²) in [6.45, 7) is 0. The molecule has 1 fully saturated rings. The predicted molar refractivity (Wildman–Crippen MR) is 81.7 cm³/mol. The second kappa shape index (κ2) is 6.60. The second-order valence-electron chi connectivity index (χ2n) is 5.63. The van der Waals surface area contributed by atoms with Gasteiger partial charge >= 0.3 is 0 Å². The molecule has 0 saturated heterocycles. The Morgan fingerprint density at radius 2 is 1.65 bits per heavy atom. The Morgan fingerprint density at radius 1 is 0.950 bits per heavy atom. The van der Waals surface area contributed by atoms with E-state index >= 15 is 0 Å². The lowest BCUT2D eigenvalue weighted by atomic mass is 9.96. The molecule has 0 unspecified atom stereocenters. The zero-order valence-corrected chi connectivity index (χ0v) is 11.8. The van der Waals surface area contributed by atoms with Gasteiger partial charge in [0.05, 0.1) is 6.20 Å². The summed E-state index contributed by atoms with van der Waals surface area (Å²) in [5, 5.41) is 3.67. The van der Waals surface area contributed by atoms with Gasteiger partial charge in [0.1, 0.15) is 0 Å². The monoisotopic (exact) mass is 270 g/mol. The molecule has 2 aromatic rings. The van der Waals surface area contributed by atoms with Gasteiger partial charge in [-0.05, 0) is 37.1 Å². The predicted octanol–water partition coefficient (Wildman–Crippen LogP) is 4.87. The van der Waals surface area contributed by atoms with Crippen LogP contribution >= 0.6 is 0 Å². The van der Waals surface area contributed by atoms with Gasteiger partial charge in [0.25, 0.3) is 0 Å². The van der Waals surface area contributed by atoms with Crippen LogP contribution in [0.1, 0.15) is 44.9 Å². The van der Waals surface area contributed by atoms with Crippen molar-refractivity contribution in [3.05, 3.63) is 36.9 Å². The van der Waals surface area contributed by atoms with Crippen molar-refractivity contribution in [3.63, 3.8) is 0 Å². The van der Waals surface area contributed by atoms with E-state index in [1.807, 2.05) is 0 Å². The van der Waals surface area contributed by atoms with E-state index in [2.05, 4.69) is 34.6 Å². The van der Waals surface area contributed by atoms with Gasteiger partial charge < -0.3 is 9.73 Å². The minimum atomic E-state index is 0.631. The first-order valence-electron chi connectivity index (χ1n) is 7.67. The molecule has 0 bridgehead atoms. The Morgan fingerprint density at radius 3 is 2.30 bits per heavy atom. The molecule has 3 nitrogen and oxygen atoms in total. The van der Waals surface area contributed by atoms with Crippen molar-refractivity contribution in [2.75, 3.05) is 5.32 Å². The Balaban J connectivity index is 1.62. The maximum atomic E-state index is 5.31. The van der Waals surface area contributed by atoms with Crippen molar-refractivity contribution in [3.8, 4) is 11.3 Å². The molecule has 1 aromatic carbocycles. The highest BCUT2D eigenvalue weighted by atomic mass is 16.3. The van der Waals surface area contributed by atoms with Gasteiger partial charge in [-0.3, -0.25) is 0 Å². The standard InChI is InChI=1S/C17H22N2O/c1-2-4-6-15(7-5-3-1)19-16-10-8-14(9-11-16)17-12-18-13-20-17/h8-13,15,19H,1-7H2. The minimum absolute atomic E-state index is 0.631. The Bertz CT molecular complexity index is 496. The molecule has 0 amide bonds. The number of hydrogen-bond acceptors (Lipinski definition) is 3. The van der Waals surface area contributed by atoms with E-state index in [1.165, 1.54) is 57.0 Å². The van der Waals surface area contributed by atoms with E-state index in [0.717, 1.165) is 11.3 Å². The highest BCUT2D eigenvalue weighted by Crippen LogP contribution is 2.24. The number of nitrogens with zero attached hydrogens (tertiary/aromatic N) is 1. The Labute approximate surface area is 120 Å². The molecule has 1 heterocycles. The first-order chi connectivity index (χ1) is 9.92. The fourth-order valence-corrected chi connectivity index (χ4v) is 2.93. The zero-order valence-electron chi connectivity index (χ0n) is 11.8. The van der Waals surface area contributed by atoms with Crippen LogP contribution in [0, 0.1) is 0 Å². The molecule has 106 valence electrons. The maximum absolute atomic E-state index is 5.31. The second-order valence-corrected chi connectivity index (χ2v) is 5.63. The highest BCUT2D eigenvalue weighted by Gasteiger charge is 2.11. The zero-order chi connectivity index (χ0) is 13.6. The lowest BCUT2D eigenvalue weighted by Gasteiger charge is -2.22. The van der Waals surface area contributed by atoms with Crippen LogP contribution in [-0.2, 0) is 0 Å². The third-order valence-electron chi connectivity index (χ3n) is 4.08. The molecular weight excluding hydrogens is 248 g/mol. The number of oxazole rings is 1. The summed E-state index contributed by atoms with van der Waals surface area (Å²) >= 11 is 0. The lowest BCUT2D eigenvalue weighted by Crippen LogP contribution is -2.20. The van der Waals surface area contributed by atoms with E-state index in [4.69, 9.17) is 4.42 Å². The van der Waals surface area contributed by atoms with Gasteiger partial charge in [-0.25, -0.2) is 4.98 Å². The summed E-state index contributed by atoms with van der Waals surface area (Å²) in [5.74, 6) is 0.822. The molecule has 0 radical (unpaired) electrons. The number of anilines is 1. The Hall–Kier alpha value is -1.77. The number of hydrogen-bond donors (Lipinski definition) is 1. The molecule has 0 aliphatic heterocycles. The van der Waals surface area contributed by atoms with E-state index in [0.29, 0.717) is 6.04 Å². The third kappa shape index (κ3) is 3.41. The SMILES string of the molecule is c1ncc(-c2ccc(NC3CCCCCCC3)cc2)o1. The molecule has 1 aliphatic rings. The molecule has 1 aliphatic carbocycles. The first-order valence-corrected chi connectivity index (χ1v) is 7.67. The van der Waals surface area contributed by atoms with Crippen molar-refractivity contribution < 1.29 is 4.42 Å². The third-order valence-corrected chi connectivity index (χ3v) is 4.08. The van der Waals surface area contributed by atoms with Gasteiger partial charge in [-0.1, -0.05) is 32.1 Å². The molecule has 20 heavy (non-hydrogen) atoms. The molecule has 1 saturated carbocycles. The fraction of sp³-hybridized carbons (Fsp3) is 0.471. The number of aromatic nitrogens is 1. The normalized spacial score (nSPS) is 17.4. The summed E-state index contributed by atoms with van der Waals surface area (Å²) in [6.07, 6.45) is 12.7. The highest BCUT2D eigenvalue weighted by molar-refractivity contribution is 5.60. The average molecular weight is 270 g/mol. The summed E-state index contributed by atoms with van der Waals surface area (Å²) < 4.78 is 5.31. The summed E-state index contributed by atoms with van der Waals surface area (Å²) in [7, 11) is 0. The molecule has 0 atom stereocenters. The van der Waals surface area contributed by atoms with Crippen molar-refractivity contribution in [1.29, 1.82) is 0 Å². The van der Waals surface area contributed by atoms with Crippen LogP contribution < -0.4 is 5.32 Å². The molecule has 3 rings (SSSR count). The van der Waals surface area contributed by atoms with Gasteiger partial charge in [0.15, 0.2) is 12.2 Å². The number of benzene rings is 1. The van der Waals surface area contributed by atoms with Crippen molar-refractivity contribution in [1.82, 2.24) is 4.98 Å².